The first-order valence-corrected chi connectivity index (χ1v) is 6.39. The van der Waals surface area contributed by atoms with Crippen molar-refractivity contribution in [2.75, 3.05) is 40.2 Å². The molecule has 1 heterocycles. The van der Waals surface area contributed by atoms with E-state index in [2.05, 4.69) is 0 Å². The molecular weight excluding hydrogens is 260 g/mol. The normalized spacial score (nSPS) is 22.1. The molecule has 1 amide bonds. The summed E-state index contributed by atoms with van der Waals surface area (Å²) in [6, 6.07) is 5.01. The van der Waals surface area contributed by atoms with E-state index in [1.165, 1.54) is 7.11 Å². The second-order valence-corrected chi connectivity index (χ2v) is 4.72. The van der Waals surface area contributed by atoms with Gasteiger partial charge in [-0.3, -0.25) is 4.79 Å². The van der Waals surface area contributed by atoms with Gasteiger partial charge in [-0.2, -0.15) is 0 Å². The van der Waals surface area contributed by atoms with Gasteiger partial charge in [0.1, 0.15) is 18.0 Å². The van der Waals surface area contributed by atoms with Crippen molar-refractivity contribution < 1.29 is 19.0 Å². The molecule has 1 saturated heterocycles. The van der Waals surface area contributed by atoms with Crippen LogP contribution in [0.2, 0.25) is 0 Å². The largest absolute Gasteiger partial charge is 0.496 e. The highest BCUT2D eigenvalue weighted by atomic mass is 16.5. The predicted octanol–water partition coefficient (Wildman–Crippen LogP) is 0.763. The number of hydrogen-bond donors (Lipinski definition) is 1. The number of likely N-dealkylation sites (tertiary alicyclic amines) is 1. The van der Waals surface area contributed by atoms with Gasteiger partial charge >= 0.3 is 0 Å². The number of nitrogen functional groups attached to an aromatic ring is 1. The van der Waals surface area contributed by atoms with Gasteiger partial charge in [-0.05, 0) is 12.1 Å². The van der Waals surface area contributed by atoms with Crippen molar-refractivity contribution in [3.8, 4) is 5.75 Å². The van der Waals surface area contributed by atoms with Gasteiger partial charge in [0.2, 0.25) is 0 Å². The fourth-order valence-corrected chi connectivity index (χ4v) is 2.42. The zero-order valence-electron chi connectivity index (χ0n) is 12.0. The maximum atomic E-state index is 12.6. The molecule has 2 atom stereocenters. The van der Waals surface area contributed by atoms with Crippen molar-refractivity contribution in [1.29, 1.82) is 0 Å². The number of amides is 1. The van der Waals surface area contributed by atoms with Crippen molar-refractivity contribution in [3.05, 3.63) is 23.8 Å². The lowest BCUT2D eigenvalue weighted by Crippen LogP contribution is -2.30. The fraction of sp³-hybridized carbons (Fsp3) is 0.500. The summed E-state index contributed by atoms with van der Waals surface area (Å²) in [5.74, 6) is 0.369. The molecular formula is C14H20N2O4. The van der Waals surface area contributed by atoms with Crippen LogP contribution in [0, 0.1) is 0 Å². The number of rotatable bonds is 4. The molecule has 1 aliphatic rings. The topological polar surface area (TPSA) is 74.0 Å². The monoisotopic (exact) mass is 280 g/mol. The highest BCUT2D eigenvalue weighted by Crippen LogP contribution is 2.25. The van der Waals surface area contributed by atoms with E-state index in [9.17, 15) is 4.79 Å². The van der Waals surface area contributed by atoms with Crippen LogP contribution in [0.25, 0.3) is 0 Å². The van der Waals surface area contributed by atoms with Crippen LogP contribution in [0.1, 0.15) is 10.4 Å². The van der Waals surface area contributed by atoms with Crippen molar-refractivity contribution in [3.63, 3.8) is 0 Å². The number of benzene rings is 1. The van der Waals surface area contributed by atoms with Crippen molar-refractivity contribution in [1.82, 2.24) is 4.90 Å². The van der Waals surface area contributed by atoms with E-state index in [0.717, 1.165) is 0 Å². The van der Waals surface area contributed by atoms with Gasteiger partial charge in [-0.25, -0.2) is 0 Å². The van der Waals surface area contributed by atoms with Crippen molar-refractivity contribution in [2.45, 2.75) is 12.2 Å². The number of carbonyl (C=O) groups excluding carboxylic acids is 1. The standard InChI is InChI=1S/C14H20N2O4/c1-18-11-6-9(15)4-5-10(11)14(17)16-7-12(19-2)13(8-16)20-3/h4-6,12-13H,7-8,15H2,1-3H3. The first kappa shape index (κ1) is 14.6. The Labute approximate surface area is 118 Å². The van der Waals surface area contributed by atoms with Crippen LogP contribution in [0.4, 0.5) is 5.69 Å². The number of hydrogen-bond acceptors (Lipinski definition) is 5. The summed E-state index contributed by atoms with van der Waals surface area (Å²) in [6.07, 6.45) is -0.215. The summed E-state index contributed by atoms with van der Waals surface area (Å²) in [5.41, 5.74) is 6.75. The predicted molar refractivity (Wildman–Crippen MR) is 74.9 cm³/mol. The van der Waals surface area contributed by atoms with Crippen molar-refractivity contribution in [2.24, 2.45) is 0 Å². The number of ether oxygens (including phenoxy) is 3. The van der Waals surface area contributed by atoms with Gasteiger partial charge in [0.25, 0.3) is 5.91 Å². The van der Waals surface area contributed by atoms with Crippen LogP contribution in [-0.4, -0.2) is 57.4 Å². The molecule has 0 bridgehead atoms. The minimum atomic E-state index is -0.108. The molecule has 1 fully saturated rings. The summed E-state index contributed by atoms with van der Waals surface area (Å²) in [4.78, 5) is 14.3. The fourth-order valence-electron chi connectivity index (χ4n) is 2.42. The highest BCUT2D eigenvalue weighted by molar-refractivity contribution is 5.97. The third kappa shape index (κ3) is 2.71. The summed E-state index contributed by atoms with van der Waals surface area (Å²) >= 11 is 0. The summed E-state index contributed by atoms with van der Waals surface area (Å²) in [7, 11) is 4.76. The molecule has 2 N–H and O–H groups in total. The molecule has 0 aliphatic carbocycles. The Morgan fingerprint density at radius 2 is 1.80 bits per heavy atom. The molecule has 20 heavy (non-hydrogen) atoms. The van der Waals surface area contributed by atoms with Gasteiger partial charge in [0, 0.05) is 39.1 Å². The zero-order chi connectivity index (χ0) is 14.7. The molecule has 2 unspecified atom stereocenters. The third-order valence-electron chi connectivity index (χ3n) is 3.56. The number of nitrogens with two attached hydrogens (primary N) is 1. The van der Waals surface area contributed by atoms with Crippen LogP contribution < -0.4 is 10.5 Å². The average Bonchev–Trinajstić information content (AvgIpc) is 2.89. The molecule has 0 saturated carbocycles. The lowest BCUT2D eigenvalue weighted by atomic mass is 10.1. The Morgan fingerprint density at radius 3 is 2.30 bits per heavy atom. The first-order chi connectivity index (χ1) is 9.60. The molecule has 0 spiro atoms. The molecule has 6 nitrogen and oxygen atoms in total. The van der Waals surface area contributed by atoms with E-state index in [0.29, 0.717) is 30.1 Å². The second kappa shape index (κ2) is 6.11. The number of anilines is 1. The maximum absolute atomic E-state index is 12.6. The Balaban J connectivity index is 2.20. The molecule has 2 rings (SSSR count). The van der Waals surface area contributed by atoms with E-state index in [4.69, 9.17) is 19.9 Å². The van der Waals surface area contributed by atoms with Gasteiger partial charge in [0.05, 0.1) is 12.7 Å². The molecule has 6 heteroatoms. The van der Waals surface area contributed by atoms with E-state index in [-0.39, 0.29) is 18.1 Å². The van der Waals surface area contributed by atoms with Crippen LogP contribution in [0.15, 0.2) is 18.2 Å². The zero-order valence-corrected chi connectivity index (χ0v) is 12.0. The summed E-state index contributed by atoms with van der Waals surface area (Å²) in [6.45, 7) is 1.00. The molecule has 0 radical (unpaired) electrons. The number of methoxy groups -OCH3 is 3. The number of nitrogens with zero attached hydrogens (tertiary/aromatic N) is 1. The van der Waals surface area contributed by atoms with Gasteiger partial charge < -0.3 is 24.8 Å². The smallest absolute Gasteiger partial charge is 0.257 e. The van der Waals surface area contributed by atoms with Crippen LogP contribution in [0.5, 0.6) is 5.75 Å². The second-order valence-electron chi connectivity index (χ2n) is 4.72. The lowest BCUT2D eigenvalue weighted by Gasteiger charge is -2.17. The molecule has 1 aromatic carbocycles. The lowest BCUT2D eigenvalue weighted by molar-refractivity contribution is -0.00461. The summed E-state index contributed by atoms with van der Waals surface area (Å²) < 4.78 is 15.9. The summed E-state index contributed by atoms with van der Waals surface area (Å²) in [5, 5.41) is 0. The van der Waals surface area contributed by atoms with Crippen LogP contribution >= 0.6 is 0 Å². The van der Waals surface area contributed by atoms with Gasteiger partial charge in [-0.15, -0.1) is 0 Å². The Morgan fingerprint density at radius 1 is 1.20 bits per heavy atom. The average molecular weight is 280 g/mol. The molecule has 1 aromatic rings. The Kier molecular flexibility index (Phi) is 4.46. The molecule has 1 aliphatic heterocycles. The van der Waals surface area contributed by atoms with Gasteiger partial charge in [-0.1, -0.05) is 0 Å². The third-order valence-corrected chi connectivity index (χ3v) is 3.56. The van der Waals surface area contributed by atoms with E-state index in [1.54, 1.807) is 37.3 Å². The SMILES string of the molecule is COc1cc(N)ccc1C(=O)N1CC(OC)C(OC)C1. The minimum Gasteiger partial charge on any atom is -0.496 e. The van der Waals surface area contributed by atoms with E-state index < -0.39 is 0 Å². The van der Waals surface area contributed by atoms with Crippen LogP contribution in [-0.2, 0) is 9.47 Å². The van der Waals surface area contributed by atoms with E-state index >= 15 is 0 Å². The number of carbonyl (C=O) groups is 1. The molecule has 110 valence electrons. The Hall–Kier alpha value is -1.79. The highest BCUT2D eigenvalue weighted by Gasteiger charge is 2.36. The maximum Gasteiger partial charge on any atom is 0.257 e. The van der Waals surface area contributed by atoms with Crippen molar-refractivity contribution >= 4 is 11.6 Å². The quantitative estimate of drug-likeness (QED) is 0.824. The minimum absolute atomic E-state index is 0.108. The van der Waals surface area contributed by atoms with Crippen LogP contribution in [0.3, 0.4) is 0 Å². The van der Waals surface area contributed by atoms with Gasteiger partial charge in [0.15, 0.2) is 0 Å². The molecule has 0 aromatic heterocycles. The Bertz CT molecular complexity index is 480. The van der Waals surface area contributed by atoms with E-state index in [1.807, 2.05) is 0 Å². The first-order valence-electron chi connectivity index (χ1n) is 6.39.